The Morgan fingerprint density at radius 3 is 2.37 bits per heavy atom. The van der Waals surface area contributed by atoms with Crippen molar-refractivity contribution in [3.05, 3.63) is 137 Å². The summed E-state index contributed by atoms with van der Waals surface area (Å²) in [5.41, 5.74) is 8.34. The minimum Gasteiger partial charge on any atom is -0.489 e. The predicted octanol–water partition coefficient (Wildman–Crippen LogP) is 6.10. The first-order valence-electron chi connectivity index (χ1n) is 11.5. The highest BCUT2D eigenvalue weighted by Gasteiger charge is 2.11. The van der Waals surface area contributed by atoms with Gasteiger partial charge in [-0.2, -0.15) is 5.10 Å². The van der Waals surface area contributed by atoms with Crippen LogP contribution in [0.2, 0.25) is 0 Å². The average Bonchev–Trinajstić information content (AvgIpc) is 3.31. The molecule has 0 unspecified atom stereocenters. The number of carbonyl (C=O) groups excluding carboxylic acids is 1. The van der Waals surface area contributed by atoms with Gasteiger partial charge in [0, 0.05) is 34.3 Å². The summed E-state index contributed by atoms with van der Waals surface area (Å²) in [6.45, 7) is 0.513. The second-order valence-electron chi connectivity index (χ2n) is 8.24. The Labute approximate surface area is 204 Å². The highest BCUT2D eigenvalue weighted by atomic mass is 16.5. The van der Waals surface area contributed by atoms with Gasteiger partial charge in [-0.25, -0.2) is 5.43 Å². The summed E-state index contributed by atoms with van der Waals surface area (Å²) >= 11 is 0. The Hall–Kier alpha value is -4.64. The first kappa shape index (κ1) is 22.2. The summed E-state index contributed by atoms with van der Waals surface area (Å²) < 4.78 is 5.91. The van der Waals surface area contributed by atoms with Crippen LogP contribution < -0.4 is 10.2 Å². The second-order valence-corrected chi connectivity index (χ2v) is 8.24. The van der Waals surface area contributed by atoms with Gasteiger partial charge >= 0.3 is 0 Å². The number of H-pyrrole nitrogens is 1. The third kappa shape index (κ3) is 5.47. The lowest BCUT2D eigenvalue weighted by atomic mass is 9.99. The lowest BCUT2D eigenvalue weighted by molar-refractivity contribution is 0.0954. The van der Waals surface area contributed by atoms with Crippen LogP contribution in [-0.2, 0) is 13.0 Å². The minimum absolute atomic E-state index is 0.232. The summed E-state index contributed by atoms with van der Waals surface area (Å²) in [6.07, 6.45) is 4.21. The van der Waals surface area contributed by atoms with Crippen LogP contribution in [0.4, 0.5) is 0 Å². The Morgan fingerprint density at radius 2 is 1.57 bits per heavy atom. The molecule has 0 bridgehead atoms. The van der Waals surface area contributed by atoms with Crippen LogP contribution in [0.3, 0.4) is 0 Å². The third-order valence-electron chi connectivity index (χ3n) is 5.80. The topological polar surface area (TPSA) is 66.5 Å². The van der Waals surface area contributed by atoms with Gasteiger partial charge in [0.25, 0.3) is 5.91 Å². The molecule has 0 radical (unpaired) electrons. The maximum atomic E-state index is 12.8. The highest BCUT2D eigenvalue weighted by Crippen LogP contribution is 2.23. The quantitative estimate of drug-likeness (QED) is 0.217. The zero-order valence-electron chi connectivity index (χ0n) is 19.1. The summed E-state index contributed by atoms with van der Waals surface area (Å²) in [7, 11) is 0. The van der Waals surface area contributed by atoms with E-state index >= 15 is 0 Å². The number of amides is 1. The van der Waals surface area contributed by atoms with Gasteiger partial charge in [0.2, 0.25) is 0 Å². The highest BCUT2D eigenvalue weighted by molar-refractivity contribution is 6.01. The molecular weight excluding hydrogens is 434 g/mol. The molecular formula is C30H25N3O2. The fourth-order valence-electron chi connectivity index (χ4n) is 4.00. The van der Waals surface area contributed by atoms with E-state index < -0.39 is 0 Å². The number of aromatic amines is 1. The van der Waals surface area contributed by atoms with Crippen LogP contribution in [0.5, 0.6) is 5.75 Å². The molecule has 5 rings (SSSR count). The number of hydrogen-bond donors (Lipinski definition) is 2. The van der Waals surface area contributed by atoms with Crippen molar-refractivity contribution in [2.75, 3.05) is 0 Å². The molecule has 2 N–H and O–H groups in total. The number of hydrogen-bond acceptors (Lipinski definition) is 3. The SMILES string of the molecule is O=C(N/N=C/c1c[nH]c2cc(OCc3ccccc3)ccc12)c1ccccc1Cc1ccccc1. The van der Waals surface area contributed by atoms with Crippen LogP contribution in [-0.4, -0.2) is 17.1 Å². The molecule has 0 spiro atoms. The van der Waals surface area contributed by atoms with Crippen LogP contribution in [0.1, 0.15) is 32.6 Å². The lowest BCUT2D eigenvalue weighted by Gasteiger charge is -2.08. The van der Waals surface area contributed by atoms with Crippen molar-refractivity contribution in [3.8, 4) is 5.75 Å². The largest absolute Gasteiger partial charge is 0.489 e. The van der Waals surface area contributed by atoms with E-state index in [-0.39, 0.29) is 5.91 Å². The predicted molar refractivity (Wildman–Crippen MR) is 140 cm³/mol. The molecule has 0 aliphatic heterocycles. The Balaban J connectivity index is 1.24. The average molecular weight is 460 g/mol. The van der Waals surface area contributed by atoms with E-state index in [1.54, 1.807) is 6.21 Å². The van der Waals surface area contributed by atoms with Crippen LogP contribution in [0.25, 0.3) is 10.9 Å². The van der Waals surface area contributed by atoms with Crippen LogP contribution >= 0.6 is 0 Å². The molecule has 172 valence electrons. The number of nitrogens with zero attached hydrogens (tertiary/aromatic N) is 1. The van der Waals surface area contributed by atoms with Gasteiger partial charge in [-0.1, -0.05) is 78.9 Å². The number of hydrazone groups is 1. The normalized spacial score (nSPS) is 11.1. The van der Waals surface area contributed by atoms with Gasteiger partial charge in [0.1, 0.15) is 12.4 Å². The van der Waals surface area contributed by atoms with Crippen molar-refractivity contribution in [1.82, 2.24) is 10.4 Å². The molecule has 4 aromatic carbocycles. The first-order valence-corrected chi connectivity index (χ1v) is 11.5. The number of nitrogens with one attached hydrogen (secondary N) is 2. The summed E-state index contributed by atoms with van der Waals surface area (Å²) in [5.74, 6) is 0.555. The molecule has 0 aliphatic rings. The fraction of sp³-hybridized carbons (Fsp3) is 0.0667. The summed E-state index contributed by atoms with van der Waals surface area (Å²) in [5, 5.41) is 5.21. The van der Waals surface area contributed by atoms with E-state index in [0.717, 1.165) is 38.9 Å². The molecule has 5 heteroatoms. The molecule has 0 saturated carbocycles. The number of rotatable bonds is 8. The van der Waals surface area contributed by atoms with Crippen LogP contribution in [0.15, 0.2) is 114 Å². The van der Waals surface area contributed by atoms with E-state index in [4.69, 9.17) is 4.74 Å². The van der Waals surface area contributed by atoms with E-state index in [2.05, 4.69) is 27.6 Å². The van der Waals surface area contributed by atoms with E-state index in [1.807, 2.05) is 97.2 Å². The Morgan fingerprint density at radius 1 is 0.857 bits per heavy atom. The van der Waals surface area contributed by atoms with Gasteiger partial charge < -0.3 is 9.72 Å². The first-order chi connectivity index (χ1) is 17.3. The fourth-order valence-corrected chi connectivity index (χ4v) is 4.00. The molecule has 0 atom stereocenters. The van der Waals surface area contributed by atoms with Gasteiger partial charge in [0.15, 0.2) is 0 Å². The summed E-state index contributed by atoms with van der Waals surface area (Å²) in [6, 6.07) is 33.7. The number of benzene rings is 4. The zero-order chi connectivity index (χ0) is 23.9. The lowest BCUT2D eigenvalue weighted by Crippen LogP contribution is -2.19. The van der Waals surface area contributed by atoms with Gasteiger partial charge in [-0.05, 0) is 41.3 Å². The maximum Gasteiger partial charge on any atom is 0.271 e. The smallest absolute Gasteiger partial charge is 0.271 e. The van der Waals surface area contributed by atoms with E-state index in [1.165, 1.54) is 0 Å². The Bertz CT molecular complexity index is 1460. The van der Waals surface area contributed by atoms with Crippen molar-refractivity contribution in [1.29, 1.82) is 0 Å². The maximum absolute atomic E-state index is 12.8. The molecule has 5 aromatic rings. The molecule has 1 heterocycles. The monoisotopic (exact) mass is 459 g/mol. The molecule has 1 aromatic heterocycles. The van der Waals surface area contributed by atoms with Gasteiger partial charge in [-0.15, -0.1) is 0 Å². The number of aromatic nitrogens is 1. The van der Waals surface area contributed by atoms with E-state index in [0.29, 0.717) is 18.6 Å². The summed E-state index contributed by atoms with van der Waals surface area (Å²) in [4.78, 5) is 16.1. The second kappa shape index (κ2) is 10.5. The molecule has 0 fully saturated rings. The molecule has 35 heavy (non-hydrogen) atoms. The number of ether oxygens (including phenoxy) is 1. The number of fused-ring (bicyclic) bond motifs is 1. The third-order valence-corrected chi connectivity index (χ3v) is 5.80. The van der Waals surface area contributed by atoms with Crippen molar-refractivity contribution in [2.45, 2.75) is 13.0 Å². The standard InChI is InChI=1S/C30H25N3O2/c34-30(28-14-8-7-13-24(28)17-22-9-3-1-4-10-22)33-32-20-25-19-31-29-18-26(15-16-27(25)29)35-21-23-11-5-2-6-12-23/h1-16,18-20,31H,17,21H2,(H,33,34)/b32-20+. The minimum atomic E-state index is -0.232. The van der Waals surface area contributed by atoms with Crippen molar-refractivity contribution < 1.29 is 9.53 Å². The van der Waals surface area contributed by atoms with Gasteiger partial charge in [-0.3, -0.25) is 4.79 Å². The molecule has 0 saturated heterocycles. The van der Waals surface area contributed by atoms with Gasteiger partial charge in [0.05, 0.1) is 6.21 Å². The van der Waals surface area contributed by atoms with Crippen molar-refractivity contribution in [2.24, 2.45) is 5.10 Å². The van der Waals surface area contributed by atoms with E-state index in [9.17, 15) is 4.79 Å². The molecule has 1 amide bonds. The van der Waals surface area contributed by atoms with Crippen LogP contribution in [0, 0.1) is 0 Å². The molecule has 5 nitrogen and oxygen atoms in total. The number of carbonyl (C=O) groups is 1. The Kier molecular flexibility index (Phi) is 6.67. The molecule has 0 aliphatic carbocycles. The van der Waals surface area contributed by atoms with Crippen molar-refractivity contribution >= 4 is 23.0 Å². The zero-order valence-corrected chi connectivity index (χ0v) is 19.1. The van der Waals surface area contributed by atoms with Crippen molar-refractivity contribution in [3.63, 3.8) is 0 Å².